The molecule has 208 valence electrons. The molecule has 1 aliphatic carbocycles. The number of hydrogen-bond donors (Lipinski definition) is 1. The number of aromatic nitrogens is 2. The van der Waals surface area contributed by atoms with Crippen molar-refractivity contribution in [2.75, 3.05) is 45.2 Å². The zero-order chi connectivity index (χ0) is 27.9. The molecule has 8 heteroatoms. The lowest BCUT2D eigenvalue weighted by molar-refractivity contribution is 0.0752. The van der Waals surface area contributed by atoms with Crippen molar-refractivity contribution in [1.29, 1.82) is 0 Å². The highest BCUT2D eigenvalue weighted by atomic mass is 16.5. The highest BCUT2D eigenvalue weighted by Gasteiger charge is 2.44. The number of carbonyl (C=O) groups excluding carboxylic acids is 1. The van der Waals surface area contributed by atoms with Gasteiger partial charge in [0.15, 0.2) is 0 Å². The standard InChI is InChI=1S/C32H37N5O3/c1-4-22-10-9-11-23-16-24(38)17-25(28(22)23)30(39)37-18-26-27(19-37)33-31(40-21-32(12-13-32)20-35(2)3)34-29(26)36-14-7-5-6-8-15-36/h1,9-11,16-17,38H,5-8,12-15,18-21H2,2-3H3. The van der Waals surface area contributed by atoms with E-state index in [0.29, 0.717) is 42.2 Å². The van der Waals surface area contributed by atoms with E-state index in [9.17, 15) is 9.90 Å². The van der Waals surface area contributed by atoms with Crippen LogP contribution in [0.15, 0.2) is 30.3 Å². The fraction of sp³-hybridized carbons (Fsp3) is 0.469. The second-order valence-corrected chi connectivity index (χ2v) is 11.9. The number of amides is 1. The van der Waals surface area contributed by atoms with Crippen molar-refractivity contribution >= 4 is 22.5 Å². The molecule has 0 radical (unpaired) electrons. The molecule has 1 saturated heterocycles. The van der Waals surface area contributed by atoms with Gasteiger partial charge in [0, 0.05) is 41.6 Å². The van der Waals surface area contributed by atoms with Crippen molar-refractivity contribution in [2.45, 2.75) is 51.6 Å². The normalized spacial score (nSPS) is 17.9. The van der Waals surface area contributed by atoms with Gasteiger partial charge in [-0.15, -0.1) is 6.42 Å². The van der Waals surface area contributed by atoms with Gasteiger partial charge in [-0.1, -0.05) is 30.9 Å². The quantitative estimate of drug-likeness (QED) is 0.441. The van der Waals surface area contributed by atoms with Gasteiger partial charge in [0.25, 0.3) is 5.91 Å². The molecule has 1 saturated carbocycles. The minimum Gasteiger partial charge on any atom is -0.508 e. The molecule has 0 atom stereocenters. The third kappa shape index (κ3) is 5.18. The SMILES string of the molecule is C#Cc1cccc2cc(O)cc(C(=O)N3Cc4nc(OCC5(CN(C)C)CC5)nc(N5CCCCCC5)c4C3)c12. The van der Waals surface area contributed by atoms with E-state index in [1.54, 1.807) is 11.0 Å². The molecule has 1 N–H and O–H groups in total. The second kappa shape index (κ2) is 10.6. The largest absolute Gasteiger partial charge is 0.508 e. The number of fused-ring (bicyclic) bond motifs is 2. The van der Waals surface area contributed by atoms with Crippen molar-refractivity contribution < 1.29 is 14.6 Å². The number of benzene rings is 2. The van der Waals surface area contributed by atoms with Gasteiger partial charge >= 0.3 is 6.01 Å². The Bertz CT molecular complexity index is 1480. The summed E-state index contributed by atoms with van der Waals surface area (Å²) in [7, 11) is 4.19. The Morgan fingerprint density at radius 2 is 1.90 bits per heavy atom. The molecule has 2 fully saturated rings. The molecule has 3 aliphatic rings. The first-order valence-corrected chi connectivity index (χ1v) is 14.3. The zero-order valence-electron chi connectivity index (χ0n) is 23.4. The summed E-state index contributed by atoms with van der Waals surface area (Å²) >= 11 is 0. The Kier molecular flexibility index (Phi) is 7.01. The van der Waals surface area contributed by atoms with Crippen LogP contribution in [0.1, 0.15) is 65.7 Å². The number of aromatic hydroxyl groups is 1. The monoisotopic (exact) mass is 539 g/mol. The number of terminal acetylenes is 1. The summed E-state index contributed by atoms with van der Waals surface area (Å²) in [4.78, 5) is 30.1. The first-order valence-electron chi connectivity index (χ1n) is 14.3. The third-order valence-electron chi connectivity index (χ3n) is 8.40. The van der Waals surface area contributed by atoms with Crippen LogP contribution >= 0.6 is 0 Å². The number of phenols is 1. The van der Waals surface area contributed by atoms with Crippen LogP contribution in [-0.4, -0.2) is 71.1 Å². The van der Waals surface area contributed by atoms with E-state index in [1.165, 1.54) is 18.9 Å². The molecule has 6 rings (SSSR count). The molecule has 0 spiro atoms. The van der Waals surface area contributed by atoms with Gasteiger partial charge in [-0.25, -0.2) is 0 Å². The highest BCUT2D eigenvalue weighted by Crippen LogP contribution is 2.46. The summed E-state index contributed by atoms with van der Waals surface area (Å²) in [5.74, 6) is 3.44. The number of rotatable bonds is 7. The fourth-order valence-corrected chi connectivity index (χ4v) is 6.25. The molecule has 1 amide bonds. The molecule has 2 aromatic carbocycles. The maximum atomic E-state index is 14.0. The van der Waals surface area contributed by atoms with E-state index in [1.807, 2.05) is 18.2 Å². The van der Waals surface area contributed by atoms with Gasteiger partial charge in [-0.3, -0.25) is 4.79 Å². The van der Waals surface area contributed by atoms with Gasteiger partial charge in [0.05, 0.1) is 31.0 Å². The average Bonchev–Trinajstić information content (AvgIpc) is 3.64. The van der Waals surface area contributed by atoms with Gasteiger partial charge in [-0.05, 0) is 63.4 Å². The first-order chi connectivity index (χ1) is 19.4. The van der Waals surface area contributed by atoms with Crippen LogP contribution in [0.5, 0.6) is 11.8 Å². The van der Waals surface area contributed by atoms with Crippen molar-refractivity contribution in [2.24, 2.45) is 5.41 Å². The van der Waals surface area contributed by atoms with Crippen LogP contribution in [0, 0.1) is 17.8 Å². The molecule has 8 nitrogen and oxygen atoms in total. The second-order valence-electron chi connectivity index (χ2n) is 11.9. The molecule has 3 heterocycles. The predicted molar refractivity (Wildman–Crippen MR) is 156 cm³/mol. The summed E-state index contributed by atoms with van der Waals surface area (Å²) in [5.41, 5.74) is 3.01. The molecule has 0 bridgehead atoms. The summed E-state index contributed by atoms with van der Waals surface area (Å²) in [6.45, 7) is 4.20. The summed E-state index contributed by atoms with van der Waals surface area (Å²) in [6, 6.07) is 9.08. The Balaban J connectivity index is 1.33. The van der Waals surface area contributed by atoms with Crippen LogP contribution in [-0.2, 0) is 13.1 Å². The van der Waals surface area contributed by atoms with E-state index < -0.39 is 0 Å². The zero-order valence-corrected chi connectivity index (χ0v) is 23.4. The van der Waals surface area contributed by atoms with Crippen molar-refractivity contribution in [3.8, 4) is 24.1 Å². The molecular weight excluding hydrogens is 502 g/mol. The van der Waals surface area contributed by atoms with Gasteiger partial charge in [0.1, 0.15) is 11.6 Å². The average molecular weight is 540 g/mol. The molecule has 2 aliphatic heterocycles. The van der Waals surface area contributed by atoms with E-state index in [-0.39, 0.29) is 17.1 Å². The lowest BCUT2D eigenvalue weighted by atomic mass is 9.98. The van der Waals surface area contributed by atoms with E-state index in [0.717, 1.165) is 67.8 Å². The van der Waals surface area contributed by atoms with Gasteiger partial charge in [0.2, 0.25) is 0 Å². The van der Waals surface area contributed by atoms with Crippen LogP contribution in [0.4, 0.5) is 5.82 Å². The Labute approximate surface area is 236 Å². The maximum Gasteiger partial charge on any atom is 0.318 e. The van der Waals surface area contributed by atoms with E-state index >= 15 is 0 Å². The van der Waals surface area contributed by atoms with Crippen molar-refractivity contribution in [3.05, 3.63) is 52.7 Å². The molecular formula is C32H37N5O3. The fourth-order valence-electron chi connectivity index (χ4n) is 6.25. The number of ether oxygens (including phenoxy) is 1. The van der Waals surface area contributed by atoms with Crippen molar-refractivity contribution in [3.63, 3.8) is 0 Å². The summed E-state index contributed by atoms with van der Waals surface area (Å²) < 4.78 is 6.27. The Hall–Kier alpha value is -3.83. The first kappa shape index (κ1) is 26.4. The topological polar surface area (TPSA) is 82.0 Å². The molecule has 1 aromatic heterocycles. The van der Waals surface area contributed by atoms with Crippen molar-refractivity contribution in [1.82, 2.24) is 19.8 Å². The minimum atomic E-state index is -0.186. The minimum absolute atomic E-state index is 0.0363. The summed E-state index contributed by atoms with van der Waals surface area (Å²) in [5, 5.41) is 11.9. The predicted octanol–water partition coefficient (Wildman–Crippen LogP) is 4.57. The number of nitrogens with zero attached hydrogens (tertiary/aromatic N) is 5. The van der Waals surface area contributed by atoms with Crippen LogP contribution in [0.2, 0.25) is 0 Å². The molecule has 40 heavy (non-hydrogen) atoms. The summed E-state index contributed by atoms with van der Waals surface area (Å²) in [6.07, 6.45) is 12.8. The van der Waals surface area contributed by atoms with Gasteiger partial charge < -0.3 is 24.5 Å². The number of anilines is 1. The smallest absolute Gasteiger partial charge is 0.318 e. The highest BCUT2D eigenvalue weighted by molar-refractivity contribution is 6.09. The van der Waals surface area contributed by atoms with Gasteiger partial charge in [-0.2, -0.15) is 9.97 Å². The molecule has 3 aromatic rings. The third-order valence-corrected chi connectivity index (χ3v) is 8.40. The van der Waals surface area contributed by atoms with Crippen LogP contribution in [0.25, 0.3) is 10.8 Å². The molecule has 0 unspecified atom stereocenters. The number of hydrogen-bond acceptors (Lipinski definition) is 7. The number of phenolic OH excluding ortho intramolecular Hbond substituents is 1. The Morgan fingerprint density at radius 3 is 2.60 bits per heavy atom. The van der Waals surface area contributed by atoms with Crippen LogP contribution in [0.3, 0.4) is 0 Å². The lowest BCUT2D eigenvalue weighted by Gasteiger charge is -2.25. The lowest BCUT2D eigenvalue weighted by Crippen LogP contribution is -2.29. The van der Waals surface area contributed by atoms with E-state index in [2.05, 4.69) is 29.8 Å². The van der Waals surface area contributed by atoms with E-state index in [4.69, 9.17) is 21.1 Å². The Morgan fingerprint density at radius 1 is 1.12 bits per heavy atom. The van der Waals surface area contributed by atoms with Crippen LogP contribution < -0.4 is 9.64 Å². The number of carbonyl (C=O) groups is 1. The maximum absolute atomic E-state index is 14.0.